The van der Waals surface area contributed by atoms with E-state index in [0.717, 1.165) is 25.7 Å². The summed E-state index contributed by atoms with van der Waals surface area (Å²) in [6.07, 6.45) is 4.24. The number of nitrogens with zero attached hydrogens (tertiary/aromatic N) is 1. The van der Waals surface area contributed by atoms with Gasteiger partial charge in [-0.15, -0.1) is 0 Å². The molecule has 138 valence electrons. The summed E-state index contributed by atoms with van der Waals surface area (Å²) in [6.45, 7) is 1.21. The second-order valence-corrected chi connectivity index (χ2v) is 9.73. The minimum Gasteiger partial charge on any atom is -0.340 e. The average Bonchev–Trinajstić information content (AvgIpc) is 3.13. The topological polar surface area (TPSA) is 66.5 Å². The number of piperidine rings is 1. The van der Waals surface area contributed by atoms with Gasteiger partial charge in [-0.25, -0.2) is 8.42 Å². The first kappa shape index (κ1) is 18.7. The third-order valence-electron chi connectivity index (χ3n) is 5.56. The van der Waals surface area contributed by atoms with Gasteiger partial charge in [-0.3, -0.25) is 4.79 Å². The number of likely N-dealkylation sites (tertiary alicyclic amines) is 1. The molecule has 25 heavy (non-hydrogen) atoms. The minimum atomic E-state index is -3.76. The fraction of sp³-hybridized carbons (Fsp3) is 0.611. The molecule has 1 saturated heterocycles. The van der Waals surface area contributed by atoms with Crippen LogP contribution >= 0.6 is 11.6 Å². The van der Waals surface area contributed by atoms with Crippen molar-refractivity contribution in [1.82, 2.24) is 10.2 Å². The summed E-state index contributed by atoms with van der Waals surface area (Å²) < 4.78 is 25.5. The quantitative estimate of drug-likeness (QED) is 0.866. The molecule has 1 aromatic rings. The molecule has 7 heteroatoms. The standard InChI is InChI=1S/C18H25ClN2O3S/c1-20-15-5-4-12-21(13-15)17(22)18(10-2-3-11-18)25(23,24)16-8-6-14(19)7-9-16/h6-9,15,20H,2-5,10-13H2,1H3. The third kappa shape index (κ3) is 3.32. The van der Waals surface area contributed by atoms with Gasteiger partial charge < -0.3 is 10.2 Å². The highest BCUT2D eigenvalue weighted by atomic mass is 35.5. The van der Waals surface area contributed by atoms with Gasteiger partial charge >= 0.3 is 0 Å². The molecule has 0 bridgehead atoms. The van der Waals surface area contributed by atoms with Crippen molar-refractivity contribution in [1.29, 1.82) is 0 Å². The normalized spacial score (nSPS) is 23.6. The van der Waals surface area contributed by atoms with E-state index in [2.05, 4.69) is 5.32 Å². The van der Waals surface area contributed by atoms with Crippen molar-refractivity contribution in [2.45, 2.75) is 54.2 Å². The SMILES string of the molecule is CNC1CCCN(C(=O)C2(S(=O)(=O)c3ccc(Cl)cc3)CCCC2)C1. The fourth-order valence-corrected chi connectivity index (χ4v) is 6.33. The van der Waals surface area contributed by atoms with Gasteiger partial charge in [-0.1, -0.05) is 24.4 Å². The lowest BCUT2D eigenvalue weighted by atomic mass is 10.0. The Hall–Kier alpha value is -1.11. The Bertz CT molecular complexity index is 727. The molecule has 1 heterocycles. The van der Waals surface area contributed by atoms with Crippen molar-refractivity contribution < 1.29 is 13.2 Å². The molecule has 0 aromatic heterocycles. The van der Waals surface area contributed by atoms with Crippen LogP contribution in [-0.4, -0.2) is 50.2 Å². The van der Waals surface area contributed by atoms with Crippen LogP contribution in [0.4, 0.5) is 0 Å². The van der Waals surface area contributed by atoms with Gasteiger partial charge in [0.2, 0.25) is 5.91 Å². The van der Waals surface area contributed by atoms with E-state index < -0.39 is 14.6 Å². The Morgan fingerprint density at radius 2 is 1.84 bits per heavy atom. The zero-order chi connectivity index (χ0) is 18.1. The molecule has 2 fully saturated rings. The summed E-state index contributed by atoms with van der Waals surface area (Å²) in [6, 6.07) is 6.39. The Morgan fingerprint density at radius 1 is 1.20 bits per heavy atom. The lowest BCUT2D eigenvalue weighted by molar-refractivity contribution is -0.135. The molecule has 1 aliphatic heterocycles. The number of halogens is 1. The van der Waals surface area contributed by atoms with Crippen LogP contribution < -0.4 is 5.32 Å². The summed E-state index contributed by atoms with van der Waals surface area (Å²) in [4.78, 5) is 15.3. The smallest absolute Gasteiger partial charge is 0.244 e. The van der Waals surface area contributed by atoms with Crippen LogP contribution in [0.15, 0.2) is 29.2 Å². The van der Waals surface area contributed by atoms with E-state index in [-0.39, 0.29) is 16.8 Å². The molecule has 0 radical (unpaired) electrons. The molecule has 5 nitrogen and oxygen atoms in total. The molecule has 0 spiro atoms. The Labute approximate surface area is 154 Å². The molecule has 1 saturated carbocycles. The van der Waals surface area contributed by atoms with Gasteiger partial charge in [-0.2, -0.15) is 0 Å². The zero-order valence-corrected chi connectivity index (χ0v) is 16.1. The monoisotopic (exact) mass is 384 g/mol. The van der Waals surface area contributed by atoms with E-state index in [1.165, 1.54) is 12.1 Å². The van der Waals surface area contributed by atoms with Crippen molar-refractivity contribution >= 4 is 27.3 Å². The number of carbonyl (C=O) groups is 1. The number of sulfone groups is 1. The number of hydrogen-bond donors (Lipinski definition) is 1. The van der Waals surface area contributed by atoms with Crippen LogP contribution in [0.1, 0.15) is 38.5 Å². The maximum atomic E-state index is 13.4. The molecule has 3 rings (SSSR count). The number of carbonyl (C=O) groups excluding carboxylic acids is 1. The first-order valence-electron chi connectivity index (χ1n) is 8.87. The Balaban J connectivity index is 1.96. The van der Waals surface area contributed by atoms with Gasteiger partial charge in [0.15, 0.2) is 14.6 Å². The van der Waals surface area contributed by atoms with Gasteiger partial charge in [0.1, 0.15) is 0 Å². The minimum absolute atomic E-state index is 0.189. The second-order valence-electron chi connectivity index (χ2n) is 7.04. The van der Waals surface area contributed by atoms with Crippen molar-refractivity contribution in [2.24, 2.45) is 0 Å². The summed E-state index contributed by atoms with van der Waals surface area (Å²) in [5, 5.41) is 3.70. The zero-order valence-electron chi connectivity index (χ0n) is 14.5. The lowest BCUT2D eigenvalue weighted by Crippen LogP contribution is -2.56. The van der Waals surface area contributed by atoms with Crippen LogP contribution in [0.2, 0.25) is 5.02 Å². The van der Waals surface area contributed by atoms with Crippen LogP contribution in [-0.2, 0) is 14.6 Å². The van der Waals surface area contributed by atoms with E-state index in [4.69, 9.17) is 11.6 Å². The summed E-state index contributed by atoms with van der Waals surface area (Å²) in [7, 11) is -1.88. The number of benzene rings is 1. The molecule has 1 N–H and O–H groups in total. The molecule has 1 atom stereocenters. The molecule has 2 aliphatic rings. The van der Waals surface area contributed by atoms with Crippen molar-refractivity contribution in [2.75, 3.05) is 20.1 Å². The first-order chi connectivity index (χ1) is 11.9. The van der Waals surface area contributed by atoms with Gasteiger partial charge in [-0.05, 0) is 57.0 Å². The molecular weight excluding hydrogens is 360 g/mol. The highest BCUT2D eigenvalue weighted by Gasteiger charge is 2.54. The molecule has 1 amide bonds. The van der Waals surface area contributed by atoms with Crippen molar-refractivity contribution in [3.05, 3.63) is 29.3 Å². The predicted octanol–water partition coefficient (Wildman–Crippen LogP) is 2.64. The number of amides is 1. The number of nitrogens with one attached hydrogen (secondary N) is 1. The Kier molecular flexibility index (Phi) is 5.42. The van der Waals surface area contributed by atoms with Gasteiger partial charge in [0.25, 0.3) is 0 Å². The van der Waals surface area contributed by atoms with E-state index in [0.29, 0.717) is 31.0 Å². The lowest BCUT2D eigenvalue weighted by Gasteiger charge is -2.38. The molecule has 1 unspecified atom stereocenters. The van der Waals surface area contributed by atoms with E-state index >= 15 is 0 Å². The average molecular weight is 385 g/mol. The highest BCUT2D eigenvalue weighted by molar-refractivity contribution is 7.93. The fourth-order valence-electron chi connectivity index (χ4n) is 4.07. The van der Waals surface area contributed by atoms with Gasteiger partial charge in [0, 0.05) is 24.2 Å². The maximum Gasteiger partial charge on any atom is 0.244 e. The molecule has 1 aliphatic carbocycles. The molecular formula is C18H25ClN2O3S. The summed E-state index contributed by atoms with van der Waals surface area (Å²) in [5.41, 5.74) is 0. The van der Waals surface area contributed by atoms with Crippen LogP contribution in [0.3, 0.4) is 0 Å². The van der Waals surface area contributed by atoms with Crippen LogP contribution in [0.25, 0.3) is 0 Å². The number of hydrogen-bond acceptors (Lipinski definition) is 4. The largest absolute Gasteiger partial charge is 0.340 e. The molecule has 1 aromatic carbocycles. The first-order valence-corrected chi connectivity index (χ1v) is 10.7. The van der Waals surface area contributed by atoms with Crippen LogP contribution in [0, 0.1) is 0 Å². The third-order valence-corrected chi connectivity index (χ3v) is 8.31. The highest BCUT2D eigenvalue weighted by Crippen LogP contribution is 2.42. The van der Waals surface area contributed by atoms with Crippen molar-refractivity contribution in [3.8, 4) is 0 Å². The van der Waals surface area contributed by atoms with E-state index in [9.17, 15) is 13.2 Å². The summed E-state index contributed by atoms with van der Waals surface area (Å²) >= 11 is 5.90. The predicted molar refractivity (Wildman–Crippen MR) is 98.5 cm³/mol. The van der Waals surface area contributed by atoms with Crippen molar-refractivity contribution in [3.63, 3.8) is 0 Å². The second kappa shape index (κ2) is 7.25. The maximum absolute atomic E-state index is 13.4. The summed E-state index contributed by atoms with van der Waals surface area (Å²) in [5.74, 6) is -0.222. The van der Waals surface area contributed by atoms with E-state index in [1.807, 2.05) is 7.05 Å². The van der Waals surface area contributed by atoms with Crippen LogP contribution in [0.5, 0.6) is 0 Å². The number of rotatable bonds is 4. The number of likely N-dealkylation sites (N-methyl/N-ethyl adjacent to an activating group) is 1. The van der Waals surface area contributed by atoms with Gasteiger partial charge in [0.05, 0.1) is 4.90 Å². The van der Waals surface area contributed by atoms with E-state index in [1.54, 1.807) is 17.0 Å². The Morgan fingerprint density at radius 3 is 2.44 bits per heavy atom.